The summed E-state index contributed by atoms with van der Waals surface area (Å²) in [5, 5.41) is 31.8. The molecule has 4 N–H and O–H groups in total. The summed E-state index contributed by atoms with van der Waals surface area (Å²) in [6.07, 6.45) is -3.24. The molecule has 6 atom stereocenters. The Bertz CT molecular complexity index is 2420. The Balaban J connectivity index is 1.38. The molecule has 60 heavy (non-hydrogen) atoms. The molecule has 0 spiro atoms. The summed E-state index contributed by atoms with van der Waals surface area (Å²) in [6, 6.07) is 21.5. The van der Waals surface area contributed by atoms with Gasteiger partial charge in [-0.3, -0.25) is 42.3 Å². The summed E-state index contributed by atoms with van der Waals surface area (Å²) in [5.74, 6) is 0. The molecule has 0 saturated carbocycles. The summed E-state index contributed by atoms with van der Waals surface area (Å²) in [4.78, 5) is 54.9. The van der Waals surface area contributed by atoms with E-state index in [0.29, 0.717) is 0 Å². The summed E-state index contributed by atoms with van der Waals surface area (Å²) in [7, 11) is -8.09. The number of aliphatic hydroxyl groups is 2. The number of aliphatic hydroxyl groups excluding tert-OH is 2. The average Bonchev–Trinajstić information content (AvgIpc) is 3.79. The minimum Gasteiger partial charge on any atom is -0.402 e. The Labute approximate surface area is 346 Å². The first kappa shape index (κ1) is 45.0. The molecule has 2 aliphatic heterocycles. The maximum absolute atomic E-state index is 14.7. The zero-order valence-electron chi connectivity index (χ0n) is 33.9. The molecule has 2 fully saturated rings. The molecule has 2 aliphatic rings. The Morgan fingerprint density at radius 3 is 1.90 bits per heavy atom. The first-order valence-electron chi connectivity index (χ1n) is 19.4. The van der Waals surface area contributed by atoms with Crippen LogP contribution in [0.15, 0.2) is 92.2 Å². The fourth-order valence-electron chi connectivity index (χ4n) is 7.72. The Morgan fingerprint density at radius 1 is 0.867 bits per heavy atom. The highest BCUT2D eigenvalue weighted by Gasteiger charge is 2.56. The molecule has 0 bridgehead atoms. The SMILES string of the molecule is Cc1cn([C@H]2C[C@H](O[Si](c3ccccc3)(c3ccccc3)C(C)(C)C)[C@@H](COP(=O)(OCCC#N)O[C@H]3C[C@H](n4cc(C)c(=O)[nH]c4=O)OC3(CO)CO)O2)c(=O)[nH]c1=O. The van der Waals surface area contributed by atoms with Crippen LogP contribution in [-0.2, 0) is 32.0 Å². The molecular formula is C40H50N5O13PSi. The van der Waals surface area contributed by atoms with Crippen LogP contribution in [0.3, 0.4) is 0 Å². The third-order valence-electron chi connectivity index (χ3n) is 10.9. The zero-order valence-corrected chi connectivity index (χ0v) is 35.8. The fraction of sp³-hybridized carbons (Fsp3) is 0.475. The molecule has 18 nitrogen and oxygen atoms in total. The van der Waals surface area contributed by atoms with Crippen LogP contribution in [0.2, 0.25) is 5.04 Å². The molecule has 6 rings (SSSR count). The van der Waals surface area contributed by atoms with Gasteiger partial charge in [-0.2, -0.15) is 5.26 Å². The molecular weight excluding hydrogens is 818 g/mol. The Hall–Kier alpha value is -4.58. The minimum atomic E-state index is -4.78. The van der Waals surface area contributed by atoms with E-state index < -0.39 is 106 Å². The van der Waals surface area contributed by atoms with Crippen molar-refractivity contribution in [3.63, 3.8) is 0 Å². The van der Waals surface area contributed by atoms with Gasteiger partial charge in [-0.25, -0.2) is 14.2 Å². The van der Waals surface area contributed by atoms with E-state index in [1.807, 2.05) is 66.7 Å². The number of H-pyrrole nitrogens is 2. The standard InChI is InChI=1S/C40H50N5O13PSi/c1-26-21-44(37(50)42-35(26)48)33-19-30(58-60(39(3,4)5,28-13-8-6-9-14-28)29-15-10-7-11-16-29)31(55-33)23-54-59(52,53-18-12-17-41)57-32-20-34(56-40(32,24-46)25-47)45-22-27(2)36(49)43-38(45)51/h6-11,13-16,21-22,30-34,46-47H,12,18-20,23-25H2,1-5H3,(H,42,48,50)(H,43,49,51)/t30-,31+,32-,33+,34+,59?/m0/s1. The summed E-state index contributed by atoms with van der Waals surface area (Å²) < 4.78 is 54.7. The summed E-state index contributed by atoms with van der Waals surface area (Å²) >= 11 is 0. The molecule has 1 unspecified atom stereocenters. The second kappa shape index (κ2) is 18.2. The van der Waals surface area contributed by atoms with Gasteiger partial charge in [-0.05, 0) is 29.3 Å². The highest BCUT2D eigenvalue weighted by Crippen LogP contribution is 2.55. The van der Waals surface area contributed by atoms with Crippen molar-refractivity contribution in [1.82, 2.24) is 19.1 Å². The van der Waals surface area contributed by atoms with E-state index in [-0.39, 0.29) is 30.4 Å². The quantitative estimate of drug-likeness (QED) is 0.0716. The van der Waals surface area contributed by atoms with Crippen molar-refractivity contribution < 1.29 is 42.2 Å². The number of rotatable bonds is 16. The molecule has 0 radical (unpaired) electrons. The highest BCUT2D eigenvalue weighted by atomic mass is 31.2. The number of phosphoric acid groups is 1. The predicted molar refractivity (Wildman–Crippen MR) is 219 cm³/mol. The van der Waals surface area contributed by atoms with E-state index in [9.17, 15) is 39.2 Å². The van der Waals surface area contributed by atoms with E-state index >= 15 is 0 Å². The highest BCUT2D eigenvalue weighted by molar-refractivity contribution is 7.48. The third-order valence-corrected chi connectivity index (χ3v) is 17.4. The largest absolute Gasteiger partial charge is 0.475 e. The number of phosphoric ester groups is 1. The molecule has 4 heterocycles. The van der Waals surface area contributed by atoms with Crippen molar-refractivity contribution in [3.8, 4) is 6.07 Å². The van der Waals surface area contributed by atoms with Crippen LogP contribution in [0.1, 0.15) is 63.6 Å². The zero-order chi connectivity index (χ0) is 43.5. The van der Waals surface area contributed by atoms with Gasteiger partial charge in [0.1, 0.15) is 30.3 Å². The molecule has 2 aromatic heterocycles. The Morgan fingerprint density at radius 2 is 1.40 bits per heavy atom. The molecule has 0 aliphatic carbocycles. The molecule has 20 heteroatoms. The maximum Gasteiger partial charge on any atom is 0.475 e. The lowest BCUT2D eigenvalue weighted by Crippen LogP contribution is -2.68. The summed E-state index contributed by atoms with van der Waals surface area (Å²) in [5.41, 5.74) is -4.20. The number of ether oxygens (including phenoxy) is 2. The smallest absolute Gasteiger partial charge is 0.402 e. The Kier molecular flexibility index (Phi) is 13.6. The average molecular weight is 868 g/mol. The van der Waals surface area contributed by atoms with E-state index in [0.717, 1.165) is 14.9 Å². The minimum absolute atomic E-state index is 0.0912. The van der Waals surface area contributed by atoms with Crippen molar-refractivity contribution in [1.29, 1.82) is 5.26 Å². The first-order chi connectivity index (χ1) is 28.5. The van der Waals surface area contributed by atoms with Gasteiger partial charge in [0, 0.05) is 36.4 Å². The lowest BCUT2D eigenvalue weighted by Gasteiger charge is -2.45. The lowest BCUT2D eigenvalue weighted by molar-refractivity contribution is -0.150. The van der Waals surface area contributed by atoms with Gasteiger partial charge in [0.2, 0.25) is 0 Å². The van der Waals surface area contributed by atoms with Gasteiger partial charge < -0.3 is 24.1 Å². The fourth-order valence-corrected chi connectivity index (χ4v) is 13.9. The summed E-state index contributed by atoms with van der Waals surface area (Å²) in [6.45, 7) is 6.68. The maximum atomic E-state index is 14.7. The van der Waals surface area contributed by atoms with E-state index in [1.54, 1.807) is 6.92 Å². The number of hydrogen-bond donors (Lipinski definition) is 4. The van der Waals surface area contributed by atoms with Crippen molar-refractivity contribution in [2.24, 2.45) is 0 Å². The molecule has 4 aromatic rings. The van der Waals surface area contributed by atoms with Crippen molar-refractivity contribution >= 4 is 26.5 Å². The van der Waals surface area contributed by atoms with Crippen LogP contribution in [0.5, 0.6) is 0 Å². The number of nitrogens with one attached hydrogen (secondary N) is 2. The number of aryl methyl sites for hydroxylation is 2. The van der Waals surface area contributed by atoms with Crippen LogP contribution in [0, 0.1) is 25.2 Å². The third kappa shape index (κ3) is 9.04. The number of nitriles is 1. The number of hydrogen-bond acceptors (Lipinski definition) is 14. The second-order valence-electron chi connectivity index (χ2n) is 15.9. The van der Waals surface area contributed by atoms with Crippen LogP contribution in [0.25, 0.3) is 0 Å². The first-order valence-corrected chi connectivity index (χ1v) is 22.8. The lowest BCUT2D eigenvalue weighted by atomic mass is 9.99. The normalized spacial score (nSPS) is 22.7. The van der Waals surface area contributed by atoms with Crippen LogP contribution >= 0.6 is 7.82 Å². The van der Waals surface area contributed by atoms with Gasteiger partial charge in [0.05, 0.1) is 45.0 Å². The van der Waals surface area contributed by atoms with Crippen molar-refractivity contribution in [2.45, 2.75) is 95.3 Å². The van der Waals surface area contributed by atoms with Crippen LogP contribution < -0.4 is 32.9 Å². The van der Waals surface area contributed by atoms with Gasteiger partial charge >= 0.3 is 19.2 Å². The van der Waals surface area contributed by atoms with E-state index in [1.165, 1.54) is 23.9 Å². The van der Waals surface area contributed by atoms with E-state index in [4.69, 9.17) is 27.5 Å². The van der Waals surface area contributed by atoms with Crippen LogP contribution in [-0.4, -0.2) is 88.0 Å². The van der Waals surface area contributed by atoms with Crippen molar-refractivity contribution in [2.75, 3.05) is 26.4 Å². The van der Waals surface area contributed by atoms with E-state index in [2.05, 4.69) is 30.7 Å². The van der Waals surface area contributed by atoms with Crippen molar-refractivity contribution in [3.05, 3.63) is 126 Å². The second-order valence-corrected chi connectivity index (χ2v) is 21.8. The molecule has 2 saturated heterocycles. The topological polar surface area (TPSA) is 246 Å². The number of nitrogens with zero attached hydrogens (tertiary/aromatic N) is 3. The van der Waals surface area contributed by atoms with Gasteiger partial charge in [0.25, 0.3) is 19.4 Å². The monoisotopic (exact) mass is 867 g/mol. The van der Waals surface area contributed by atoms with Gasteiger partial charge in [-0.15, -0.1) is 0 Å². The number of aromatic nitrogens is 4. The molecule has 0 amide bonds. The molecule has 2 aromatic carbocycles. The van der Waals surface area contributed by atoms with Gasteiger partial charge in [-0.1, -0.05) is 81.4 Å². The predicted octanol–water partition coefficient (Wildman–Crippen LogP) is 2.02. The molecule has 322 valence electrons. The number of aromatic amines is 2. The van der Waals surface area contributed by atoms with Crippen LogP contribution in [0.4, 0.5) is 0 Å². The van der Waals surface area contributed by atoms with Gasteiger partial charge in [0.15, 0.2) is 0 Å². The number of benzene rings is 2.